The minimum absolute atomic E-state index is 0.0359. The molecule has 2 heteroatoms. The van der Waals surface area contributed by atoms with Gasteiger partial charge in [-0.1, -0.05) is 19.1 Å². The summed E-state index contributed by atoms with van der Waals surface area (Å²) in [5.41, 5.74) is 1.36. The molecule has 0 atom stereocenters. The highest BCUT2D eigenvalue weighted by molar-refractivity contribution is 6.07. The molecule has 0 heterocycles. The highest BCUT2D eigenvalue weighted by atomic mass is 16.1. The Morgan fingerprint density at radius 2 is 2.14 bits per heavy atom. The third-order valence-corrected chi connectivity index (χ3v) is 2.37. The quantitative estimate of drug-likeness (QED) is 0.686. The van der Waals surface area contributed by atoms with E-state index in [2.05, 4.69) is 0 Å². The van der Waals surface area contributed by atoms with Crippen LogP contribution in [0.5, 0.6) is 0 Å². The number of hydrogen-bond donors (Lipinski definition) is 0. The molecule has 1 aliphatic rings. The zero-order chi connectivity index (χ0) is 10.6. The van der Waals surface area contributed by atoms with E-state index in [0.717, 1.165) is 19.3 Å². The largest absolute Gasteiger partial charge is 0.295 e. The highest BCUT2D eigenvalue weighted by Crippen LogP contribution is 2.21. The van der Waals surface area contributed by atoms with Crippen molar-refractivity contribution in [2.75, 3.05) is 0 Å². The van der Waals surface area contributed by atoms with Crippen LogP contribution in [0.1, 0.15) is 39.5 Å². The number of allylic oxidation sites excluding steroid dienone is 4. The van der Waals surface area contributed by atoms with E-state index in [9.17, 15) is 9.59 Å². The summed E-state index contributed by atoms with van der Waals surface area (Å²) in [6.07, 6.45) is 6.74. The average molecular weight is 192 g/mol. The van der Waals surface area contributed by atoms with Crippen molar-refractivity contribution in [3.05, 3.63) is 23.3 Å². The molecule has 0 aromatic heterocycles. The summed E-state index contributed by atoms with van der Waals surface area (Å²) >= 11 is 0. The van der Waals surface area contributed by atoms with Gasteiger partial charge in [0.05, 0.1) is 0 Å². The molecule has 76 valence electrons. The van der Waals surface area contributed by atoms with Crippen molar-refractivity contribution in [2.45, 2.75) is 39.5 Å². The second kappa shape index (κ2) is 4.89. The molecule has 0 unspecified atom stereocenters. The maximum atomic E-state index is 11.7. The molecule has 0 radical (unpaired) electrons. The summed E-state index contributed by atoms with van der Waals surface area (Å²) in [5.74, 6) is 0.141. The minimum atomic E-state index is 0.0359. The number of Topliss-reactive ketones (excluding diaryl/α,β-unsaturated/α-hetero) is 2. The van der Waals surface area contributed by atoms with Crippen LogP contribution in [0.25, 0.3) is 0 Å². The summed E-state index contributed by atoms with van der Waals surface area (Å²) in [4.78, 5) is 22.9. The van der Waals surface area contributed by atoms with Gasteiger partial charge >= 0.3 is 0 Å². The Morgan fingerprint density at radius 3 is 2.71 bits per heavy atom. The predicted octanol–water partition coefficient (Wildman–Crippen LogP) is 2.59. The lowest BCUT2D eigenvalue weighted by Gasteiger charge is -2.12. The molecular formula is C12H16O2. The van der Waals surface area contributed by atoms with Gasteiger partial charge in [0.2, 0.25) is 0 Å². The maximum Gasteiger partial charge on any atom is 0.163 e. The van der Waals surface area contributed by atoms with E-state index in [-0.39, 0.29) is 11.6 Å². The zero-order valence-corrected chi connectivity index (χ0v) is 8.80. The molecule has 14 heavy (non-hydrogen) atoms. The van der Waals surface area contributed by atoms with Gasteiger partial charge in [-0.2, -0.15) is 0 Å². The summed E-state index contributed by atoms with van der Waals surface area (Å²) < 4.78 is 0. The van der Waals surface area contributed by atoms with Crippen molar-refractivity contribution >= 4 is 11.6 Å². The van der Waals surface area contributed by atoms with Crippen LogP contribution in [0.4, 0.5) is 0 Å². The molecule has 0 aromatic carbocycles. The summed E-state index contributed by atoms with van der Waals surface area (Å²) in [5, 5.41) is 0. The van der Waals surface area contributed by atoms with Crippen LogP contribution in [-0.2, 0) is 9.59 Å². The first kappa shape index (κ1) is 10.9. The van der Waals surface area contributed by atoms with E-state index in [0.29, 0.717) is 17.6 Å². The van der Waals surface area contributed by atoms with Crippen molar-refractivity contribution in [2.24, 2.45) is 0 Å². The van der Waals surface area contributed by atoms with Crippen LogP contribution in [0.3, 0.4) is 0 Å². The lowest BCUT2D eigenvalue weighted by atomic mass is 9.91. The summed E-state index contributed by atoms with van der Waals surface area (Å²) in [7, 11) is 0. The Kier molecular flexibility index (Phi) is 3.81. The van der Waals surface area contributed by atoms with Crippen molar-refractivity contribution in [3.8, 4) is 0 Å². The van der Waals surface area contributed by atoms with Crippen molar-refractivity contribution in [1.29, 1.82) is 0 Å². The SMILES string of the molecule is CCCC(=O)C1=C(C(C)=O)CCC=C1. The molecular weight excluding hydrogens is 176 g/mol. The third kappa shape index (κ3) is 2.41. The van der Waals surface area contributed by atoms with Gasteiger partial charge in [0.15, 0.2) is 11.6 Å². The minimum Gasteiger partial charge on any atom is -0.295 e. The van der Waals surface area contributed by atoms with Crippen LogP contribution in [-0.4, -0.2) is 11.6 Å². The molecule has 1 aliphatic carbocycles. The first-order chi connectivity index (χ1) is 6.66. The fourth-order valence-electron chi connectivity index (χ4n) is 1.65. The topological polar surface area (TPSA) is 34.1 Å². The summed E-state index contributed by atoms with van der Waals surface area (Å²) in [6.45, 7) is 3.51. The Balaban J connectivity index is 2.95. The summed E-state index contributed by atoms with van der Waals surface area (Å²) in [6, 6.07) is 0. The number of carbonyl (C=O) groups excluding carboxylic acids is 2. The molecule has 0 aromatic rings. The normalized spacial score (nSPS) is 15.9. The fourth-order valence-corrected chi connectivity index (χ4v) is 1.65. The molecule has 0 bridgehead atoms. The van der Waals surface area contributed by atoms with E-state index in [4.69, 9.17) is 0 Å². The van der Waals surface area contributed by atoms with Crippen LogP contribution < -0.4 is 0 Å². The van der Waals surface area contributed by atoms with Gasteiger partial charge in [0, 0.05) is 17.6 Å². The number of hydrogen-bond acceptors (Lipinski definition) is 2. The van der Waals surface area contributed by atoms with Crippen LogP contribution in [0, 0.1) is 0 Å². The molecule has 0 saturated heterocycles. The van der Waals surface area contributed by atoms with E-state index < -0.39 is 0 Å². The molecule has 0 fully saturated rings. The van der Waals surface area contributed by atoms with Gasteiger partial charge in [-0.25, -0.2) is 0 Å². The molecule has 0 spiro atoms. The number of carbonyl (C=O) groups is 2. The second-order valence-electron chi connectivity index (χ2n) is 3.56. The highest BCUT2D eigenvalue weighted by Gasteiger charge is 2.17. The third-order valence-electron chi connectivity index (χ3n) is 2.37. The number of rotatable bonds is 4. The van der Waals surface area contributed by atoms with Gasteiger partial charge in [-0.05, 0) is 26.2 Å². The Bertz CT molecular complexity index is 308. The Hall–Kier alpha value is -1.18. The van der Waals surface area contributed by atoms with Crippen molar-refractivity contribution in [1.82, 2.24) is 0 Å². The van der Waals surface area contributed by atoms with Gasteiger partial charge in [0.25, 0.3) is 0 Å². The smallest absolute Gasteiger partial charge is 0.163 e. The molecule has 0 saturated carbocycles. The molecule has 0 amide bonds. The van der Waals surface area contributed by atoms with Crippen molar-refractivity contribution in [3.63, 3.8) is 0 Å². The van der Waals surface area contributed by atoms with Crippen LogP contribution in [0.2, 0.25) is 0 Å². The zero-order valence-electron chi connectivity index (χ0n) is 8.80. The first-order valence-electron chi connectivity index (χ1n) is 5.10. The van der Waals surface area contributed by atoms with Gasteiger partial charge in [0.1, 0.15) is 0 Å². The second-order valence-corrected chi connectivity index (χ2v) is 3.56. The lowest BCUT2D eigenvalue weighted by Crippen LogP contribution is -2.11. The molecule has 0 N–H and O–H groups in total. The van der Waals surface area contributed by atoms with E-state index in [1.165, 1.54) is 6.92 Å². The Labute approximate surface area is 84.7 Å². The monoisotopic (exact) mass is 192 g/mol. The van der Waals surface area contributed by atoms with Crippen LogP contribution in [0.15, 0.2) is 23.3 Å². The van der Waals surface area contributed by atoms with Crippen molar-refractivity contribution < 1.29 is 9.59 Å². The van der Waals surface area contributed by atoms with E-state index in [1.807, 2.05) is 13.0 Å². The lowest BCUT2D eigenvalue weighted by molar-refractivity contribution is -0.117. The molecule has 2 nitrogen and oxygen atoms in total. The molecule has 1 rings (SSSR count). The average Bonchev–Trinajstić information content (AvgIpc) is 2.18. The van der Waals surface area contributed by atoms with E-state index in [1.54, 1.807) is 6.08 Å². The maximum absolute atomic E-state index is 11.7. The fraction of sp³-hybridized carbons (Fsp3) is 0.500. The standard InChI is InChI=1S/C12H16O2/c1-3-6-12(14)11-8-5-4-7-10(11)9(2)13/h5,8H,3-4,6-7H2,1-2H3. The first-order valence-corrected chi connectivity index (χ1v) is 5.10. The van der Waals surface area contributed by atoms with Gasteiger partial charge < -0.3 is 0 Å². The van der Waals surface area contributed by atoms with Gasteiger partial charge in [-0.15, -0.1) is 0 Å². The van der Waals surface area contributed by atoms with E-state index >= 15 is 0 Å². The predicted molar refractivity (Wildman–Crippen MR) is 56.0 cm³/mol. The van der Waals surface area contributed by atoms with Gasteiger partial charge in [-0.3, -0.25) is 9.59 Å². The molecule has 0 aliphatic heterocycles. The van der Waals surface area contributed by atoms with Crippen LogP contribution >= 0.6 is 0 Å². The Morgan fingerprint density at radius 1 is 1.43 bits per heavy atom. The number of ketones is 2.